The van der Waals surface area contributed by atoms with Crippen LogP contribution < -0.4 is 0 Å². The van der Waals surface area contributed by atoms with Crippen molar-refractivity contribution in [1.82, 2.24) is 0 Å². The van der Waals surface area contributed by atoms with Crippen LogP contribution in [-0.4, -0.2) is 19.2 Å². The molecule has 0 aromatic heterocycles. The Morgan fingerprint density at radius 3 is 3.18 bits per heavy atom. The molecule has 0 atom stereocenters. The standard InChI is InChI=1S/C8H11NO2/c1-7(2)3-5-10-8-9-4-6-11-8/h3,5H,1,4,6H2,2H3. The molecule has 3 nitrogen and oxygen atoms in total. The first-order valence-electron chi connectivity index (χ1n) is 3.45. The molecule has 0 aromatic carbocycles. The molecule has 0 aliphatic carbocycles. The van der Waals surface area contributed by atoms with Gasteiger partial charge >= 0.3 is 6.08 Å². The first-order valence-corrected chi connectivity index (χ1v) is 3.45. The summed E-state index contributed by atoms with van der Waals surface area (Å²) in [5.74, 6) is 0. The Kier molecular flexibility index (Phi) is 2.72. The summed E-state index contributed by atoms with van der Waals surface area (Å²) in [5.41, 5.74) is 0.934. The summed E-state index contributed by atoms with van der Waals surface area (Å²) in [5, 5.41) is 0. The highest BCUT2D eigenvalue weighted by molar-refractivity contribution is 5.68. The summed E-state index contributed by atoms with van der Waals surface area (Å²) in [4.78, 5) is 3.92. The van der Waals surface area contributed by atoms with E-state index in [1.54, 1.807) is 6.08 Å². The smallest absolute Gasteiger partial charge is 0.388 e. The maximum atomic E-state index is 5.00. The Morgan fingerprint density at radius 1 is 1.82 bits per heavy atom. The van der Waals surface area contributed by atoms with Gasteiger partial charge in [-0.05, 0) is 13.0 Å². The van der Waals surface area contributed by atoms with E-state index in [1.807, 2.05) is 6.92 Å². The van der Waals surface area contributed by atoms with Gasteiger partial charge in [0.2, 0.25) is 0 Å². The summed E-state index contributed by atoms with van der Waals surface area (Å²) in [6.07, 6.45) is 3.62. The number of ether oxygens (including phenoxy) is 2. The average molecular weight is 153 g/mol. The molecule has 0 saturated carbocycles. The van der Waals surface area contributed by atoms with Gasteiger partial charge in [-0.25, -0.2) is 4.99 Å². The molecule has 0 amide bonds. The fraction of sp³-hybridized carbons (Fsp3) is 0.375. The minimum Gasteiger partial charge on any atom is -0.448 e. The number of hydrogen-bond acceptors (Lipinski definition) is 3. The molecule has 3 heteroatoms. The van der Waals surface area contributed by atoms with E-state index in [9.17, 15) is 0 Å². The van der Waals surface area contributed by atoms with Crippen LogP contribution in [0.4, 0.5) is 0 Å². The third-order valence-corrected chi connectivity index (χ3v) is 1.08. The molecular weight excluding hydrogens is 142 g/mol. The van der Waals surface area contributed by atoms with E-state index in [1.165, 1.54) is 6.26 Å². The molecule has 0 spiro atoms. The first-order chi connectivity index (χ1) is 5.29. The summed E-state index contributed by atoms with van der Waals surface area (Å²) < 4.78 is 9.98. The van der Waals surface area contributed by atoms with E-state index in [0.29, 0.717) is 19.2 Å². The van der Waals surface area contributed by atoms with Crippen molar-refractivity contribution >= 4 is 6.08 Å². The maximum Gasteiger partial charge on any atom is 0.388 e. The van der Waals surface area contributed by atoms with Crippen molar-refractivity contribution in [2.75, 3.05) is 13.2 Å². The number of nitrogens with zero attached hydrogens (tertiary/aromatic N) is 1. The van der Waals surface area contributed by atoms with Crippen LogP contribution in [0.1, 0.15) is 6.92 Å². The van der Waals surface area contributed by atoms with Crippen LogP contribution in [0, 0.1) is 0 Å². The van der Waals surface area contributed by atoms with Crippen molar-refractivity contribution in [3.05, 3.63) is 24.5 Å². The third-order valence-electron chi connectivity index (χ3n) is 1.08. The Hall–Kier alpha value is -1.25. The zero-order valence-corrected chi connectivity index (χ0v) is 6.54. The van der Waals surface area contributed by atoms with Gasteiger partial charge in [-0.1, -0.05) is 12.2 Å². The zero-order valence-electron chi connectivity index (χ0n) is 6.54. The maximum absolute atomic E-state index is 5.00. The second kappa shape index (κ2) is 3.81. The fourth-order valence-corrected chi connectivity index (χ4v) is 0.595. The fourth-order valence-electron chi connectivity index (χ4n) is 0.595. The molecule has 0 unspecified atom stereocenters. The summed E-state index contributed by atoms with van der Waals surface area (Å²) in [6.45, 7) is 6.87. The van der Waals surface area contributed by atoms with Gasteiger partial charge in [-0.2, -0.15) is 0 Å². The minimum absolute atomic E-state index is 0.350. The second-order valence-electron chi connectivity index (χ2n) is 2.26. The van der Waals surface area contributed by atoms with Crippen LogP contribution >= 0.6 is 0 Å². The number of aliphatic imine (C=N–C) groups is 1. The molecule has 1 rings (SSSR count). The molecule has 1 aliphatic rings. The van der Waals surface area contributed by atoms with Gasteiger partial charge in [0, 0.05) is 0 Å². The molecule has 0 saturated heterocycles. The van der Waals surface area contributed by atoms with Gasteiger partial charge in [-0.15, -0.1) is 0 Å². The van der Waals surface area contributed by atoms with E-state index in [-0.39, 0.29) is 0 Å². The van der Waals surface area contributed by atoms with E-state index >= 15 is 0 Å². The molecule has 11 heavy (non-hydrogen) atoms. The lowest BCUT2D eigenvalue weighted by molar-refractivity contribution is 0.251. The van der Waals surface area contributed by atoms with Gasteiger partial charge in [0.05, 0.1) is 12.8 Å². The van der Waals surface area contributed by atoms with Crippen LogP contribution in [-0.2, 0) is 9.47 Å². The van der Waals surface area contributed by atoms with Crippen LogP contribution in [0.2, 0.25) is 0 Å². The monoisotopic (exact) mass is 153 g/mol. The highest BCUT2D eigenvalue weighted by Gasteiger charge is 2.05. The lowest BCUT2D eigenvalue weighted by Gasteiger charge is -1.96. The van der Waals surface area contributed by atoms with Crippen molar-refractivity contribution in [2.45, 2.75) is 6.92 Å². The van der Waals surface area contributed by atoms with Crippen molar-refractivity contribution in [1.29, 1.82) is 0 Å². The normalized spacial score (nSPS) is 16.3. The van der Waals surface area contributed by atoms with Crippen molar-refractivity contribution in [3.8, 4) is 0 Å². The molecule has 0 aromatic rings. The zero-order chi connectivity index (χ0) is 8.10. The molecule has 1 heterocycles. The average Bonchev–Trinajstić information content (AvgIpc) is 2.39. The predicted octanol–water partition coefficient (Wildman–Crippen LogP) is 1.48. The van der Waals surface area contributed by atoms with Crippen LogP contribution in [0.15, 0.2) is 29.5 Å². The van der Waals surface area contributed by atoms with Crippen LogP contribution in [0.25, 0.3) is 0 Å². The minimum atomic E-state index is 0.350. The van der Waals surface area contributed by atoms with E-state index in [0.717, 1.165) is 5.57 Å². The van der Waals surface area contributed by atoms with Gasteiger partial charge in [-0.3, -0.25) is 0 Å². The molecule has 1 aliphatic heterocycles. The topological polar surface area (TPSA) is 30.8 Å². The van der Waals surface area contributed by atoms with E-state index in [2.05, 4.69) is 11.6 Å². The van der Waals surface area contributed by atoms with Crippen molar-refractivity contribution in [2.24, 2.45) is 4.99 Å². The van der Waals surface area contributed by atoms with Gasteiger partial charge < -0.3 is 9.47 Å². The van der Waals surface area contributed by atoms with Gasteiger partial charge in [0.1, 0.15) is 6.61 Å². The Balaban J connectivity index is 2.26. The largest absolute Gasteiger partial charge is 0.448 e. The number of rotatable bonds is 2. The molecule has 60 valence electrons. The SMILES string of the molecule is C=C(C)C=COC1=NCCO1. The second-order valence-corrected chi connectivity index (χ2v) is 2.26. The highest BCUT2D eigenvalue weighted by Crippen LogP contribution is 1.97. The first kappa shape index (κ1) is 7.85. The summed E-state index contributed by atoms with van der Waals surface area (Å²) in [7, 11) is 0. The van der Waals surface area contributed by atoms with E-state index in [4.69, 9.17) is 9.47 Å². The van der Waals surface area contributed by atoms with Crippen LogP contribution in [0.3, 0.4) is 0 Å². The Morgan fingerprint density at radius 2 is 2.64 bits per heavy atom. The Labute approximate surface area is 66.0 Å². The van der Waals surface area contributed by atoms with Gasteiger partial charge in [0.15, 0.2) is 0 Å². The lowest BCUT2D eigenvalue weighted by Crippen LogP contribution is -1.99. The summed E-state index contributed by atoms with van der Waals surface area (Å²) in [6, 6.07) is 0. The lowest BCUT2D eigenvalue weighted by atomic mass is 10.4. The molecule has 0 bridgehead atoms. The molecule has 0 N–H and O–H groups in total. The highest BCUT2D eigenvalue weighted by atomic mass is 16.7. The predicted molar refractivity (Wildman–Crippen MR) is 43.3 cm³/mol. The number of allylic oxidation sites excluding steroid dienone is 2. The third kappa shape index (κ3) is 2.89. The van der Waals surface area contributed by atoms with Crippen molar-refractivity contribution < 1.29 is 9.47 Å². The molecule has 0 fully saturated rings. The quantitative estimate of drug-likeness (QED) is 0.444. The van der Waals surface area contributed by atoms with Crippen LogP contribution in [0.5, 0.6) is 0 Å². The molecular formula is C8H11NO2. The van der Waals surface area contributed by atoms with Gasteiger partial charge in [0.25, 0.3) is 0 Å². The molecule has 0 radical (unpaired) electrons. The number of hydrogen-bond donors (Lipinski definition) is 0. The van der Waals surface area contributed by atoms with Crippen molar-refractivity contribution in [3.63, 3.8) is 0 Å². The summed E-state index contributed by atoms with van der Waals surface area (Å²) >= 11 is 0. The Bertz CT molecular complexity index is 206. The van der Waals surface area contributed by atoms with E-state index < -0.39 is 0 Å².